The van der Waals surface area contributed by atoms with Crippen LogP contribution in [-0.4, -0.2) is 8.42 Å². The predicted octanol–water partition coefficient (Wildman–Crippen LogP) is 3.04. The summed E-state index contributed by atoms with van der Waals surface area (Å²) in [6.45, 7) is 1.43. The molecule has 0 bridgehead atoms. The minimum Gasteiger partial charge on any atom is -0.376 e. The third-order valence-corrected chi connectivity index (χ3v) is 3.68. The first-order valence-corrected chi connectivity index (χ1v) is 6.76. The van der Waals surface area contributed by atoms with Crippen molar-refractivity contribution < 1.29 is 21.4 Å². The van der Waals surface area contributed by atoms with Crippen molar-refractivity contribution in [1.29, 1.82) is 0 Å². The van der Waals surface area contributed by atoms with Gasteiger partial charge in [-0.15, -0.1) is 0 Å². The maximum Gasteiger partial charge on any atom is 0.339 e. The van der Waals surface area contributed by atoms with E-state index in [0.29, 0.717) is 0 Å². The van der Waals surface area contributed by atoms with Gasteiger partial charge in [0.2, 0.25) is 0 Å². The van der Waals surface area contributed by atoms with Gasteiger partial charge in [-0.25, -0.2) is 8.78 Å². The summed E-state index contributed by atoms with van der Waals surface area (Å²) < 4.78 is 54.9. The van der Waals surface area contributed by atoms with Crippen LogP contribution in [0, 0.1) is 18.6 Å². The molecule has 0 aliphatic carbocycles. The van der Waals surface area contributed by atoms with Gasteiger partial charge in [0, 0.05) is 0 Å². The number of aryl methyl sites for hydroxylation is 1. The third kappa shape index (κ3) is 2.90. The molecule has 2 aromatic rings. The summed E-state index contributed by atoms with van der Waals surface area (Å²) in [6, 6.07) is 8.36. The maximum atomic E-state index is 13.3. The van der Waals surface area contributed by atoms with Crippen LogP contribution in [0.2, 0.25) is 0 Å². The summed E-state index contributed by atoms with van der Waals surface area (Å²) in [5.74, 6) is -1.71. The second-order valence-corrected chi connectivity index (χ2v) is 5.43. The molecule has 0 saturated carbocycles. The van der Waals surface area contributed by atoms with E-state index in [1.54, 1.807) is 0 Å². The SMILES string of the molecule is Cc1cc(S(=O)(=O)Oc2ccccc2F)ccc1F. The average Bonchev–Trinajstić information content (AvgIpc) is 2.35. The van der Waals surface area contributed by atoms with Gasteiger partial charge in [0.15, 0.2) is 11.6 Å². The van der Waals surface area contributed by atoms with Crippen LogP contribution >= 0.6 is 0 Å². The molecule has 2 rings (SSSR count). The minimum absolute atomic E-state index is 0.165. The van der Waals surface area contributed by atoms with E-state index in [1.807, 2.05) is 0 Å². The molecule has 0 atom stereocenters. The van der Waals surface area contributed by atoms with Gasteiger partial charge < -0.3 is 4.18 Å². The van der Waals surface area contributed by atoms with Gasteiger partial charge in [-0.2, -0.15) is 8.42 Å². The van der Waals surface area contributed by atoms with E-state index < -0.39 is 27.5 Å². The number of rotatable bonds is 3. The molecule has 0 aliphatic rings. The monoisotopic (exact) mass is 284 g/mol. The Morgan fingerprint density at radius 2 is 1.68 bits per heavy atom. The summed E-state index contributed by atoms with van der Waals surface area (Å²) in [7, 11) is -4.18. The molecular formula is C13H10F2O3S. The summed E-state index contributed by atoms with van der Waals surface area (Å²) in [6.07, 6.45) is 0. The summed E-state index contributed by atoms with van der Waals surface area (Å²) >= 11 is 0. The molecule has 100 valence electrons. The molecule has 0 N–H and O–H groups in total. The zero-order valence-electron chi connectivity index (χ0n) is 9.93. The Morgan fingerprint density at radius 3 is 2.32 bits per heavy atom. The first kappa shape index (κ1) is 13.5. The largest absolute Gasteiger partial charge is 0.376 e. The molecule has 0 spiro atoms. The highest BCUT2D eigenvalue weighted by Crippen LogP contribution is 2.22. The van der Waals surface area contributed by atoms with Crippen molar-refractivity contribution in [3.63, 3.8) is 0 Å². The molecular weight excluding hydrogens is 274 g/mol. The highest BCUT2D eigenvalue weighted by atomic mass is 32.2. The number of hydrogen-bond donors (Lipinski definition) is 0. The molecule has 0 radical (unpaired) electrons. The van der Waals surface area contributed by atoms with Gasteiger partial charge >= 0.3 is 10.1 Å². The fourth-order valence-corrected chi connectivity index (χ4v) is 2.47. The minimum atomic E-state index is -4.18. The van der Waals surface area contributed by atoms with Crippen LogP contribution in [0.5, 0.6) is 5.75 Å². The molecule has 0 aliphatic heterocycles. The molecule has 0 heterocycles. The van der Waals surface area contributed by atoms with Crippen molar-refractivity contribution >= 4 is 10.1 Å². The number of halogens is 2. The molecule has 2 aromatic carbocycles. The first-order chi connectivity index (χ1) is 8.90. The second kappa shape index (κ2) is 4.97. The lowest BCUT2D eigenvalue weighted by Crippen LogP contribution is -2.11. The second-order valence-electron chi connectivity index (χ2n) is 3.88. The molecule has 19 heavy (non-hydrogen) atoms. The molecule has 0 saturated heterocycles. The van der Waals surface area contributed by atoms with Crippen molar-refractivity contribution in [2.75, 3.05) is 0 Å². The molecule has 0 amide bonds. The summed E-state index contributed by atoms with van der Waals surface area (Å²) in [5.41, 5.74) is 0.165. The van der Waals surface area contributed by atoms with Gasteiger partial charge in [-0.05, 0) is 42.8 Å². The Kier molecular flexibility index (Phi) is 3.53. The molecule has 6 heteroatoms. The first-order valence-electron chi connectivity index (χ1n) is 5.35. The van der Waals surface area contributed by atoms with E-state index in [-0.39, 0.29) is 10.5 Å². The highest BCUT2D eigenvalue weighted by Gasteiger charge is 2.19. The van der Waals surface area contributed by atoms with Crippen molar-refractivity contribution in [1.82, 2.24) is 0 Å². The molecule has 0 unspecified atom stereocenters. The molecule has 3 nitrogen and oxygen atoms in total. The predicted molar refractivity (Wildman–Crippen MR) is 65.4 cm³/mol. The summed E-state index contributed by atoms with van der Waals surface area (Å²) in [5, 5.41) is 0. The van der Waals surface area contributed by atoms with Crippen LogP contribution in [0.25, 0.3) is 0 Å². The zero-order valence-corrected chi connectivity index (χ0v) is 10.7. The van der Waals surface area contributed by atoms with Gasteiger partial charge in [-0.1, -0.05) is 12.1 Å². The van der Waals surface area contributed by atoms with Crippen LogP contribution < -0.4 is 4.18 Å². The molecule has 0 aromatic heterocycles. The van der Waals surface area contributed by atoms with Crippen molar-refractivity contribution in [2.24, 2.45) is 0 Å². The quantitative estimate of drug-likeness (QED) is 0.814. The van der Waals surface area contributed by atoms with Crippen LogP contribution in [-0.2, 0) is 10.1 Å². The fraction of sp³-hybridized carbons (Fsp3) is 0.0769. The van der Waals surface area contributed by atoms with Gasteiger partial charge in [0.1, 0.15) is 10.7 Å². The Bertz CT molecular complexity index is 712. The molecule has 0 fully saturated rings. The van der Waals surface area contributed by atoms with E-state index in [4.69, 9.17) is 0 Å². The van der Waals surface area contributed by atoms with E-state index in [1.165, 1.54) is 25.1 Å². The van der Waals surface area contributed by atoms with Gasteiger partial charge in [0.25, 0.3) is 0 Å². The van der Waals surface area contributed by atoms with Crippen molar-refractivity contribution in [3.8, 4) is 5.75 Å². The third-order valence-electron chi connectivity index (χ3n) is 2.45. The Labute approximate surface area is 109 Å². The van der Waals surface area contributed by atoms with E-state index in [2.05, 4.69) is 4.18 Å². The smallest absolute Gasteiger partial charge is 0.339 e. The number of benzene rings is 2. The van der Waals surface area contributed by atoms with E-state index in [9.17, 15) is 17.2 Å². The zero-order chi connectivity index (χ0) is 14.0. The van der Waals surface area contributed by atoms with E-state index in [0.717, 1.165) is 24.3 Å². The van der Waals surface area contributed by atoms with E-state index >= 15 is 0 Å². The highest BCUT2D eigenvalue weighted by molar-refractivity contribution is 7.87. The van der Waals surface area contributed by atoms with Gasteiger partial charge in [0.05, 0.1) is 0 Å². The van der Waals surface area contributed by atoms with Crippen molar-refractivity contribution in [2.45, 2.75) is 11.8 Å². The van der Waals surface area contributed by atoms with Crippen LogP contribution in [0.1, 0.15) is 5.56 Å². The fourth-order valence-electron chi connectivity index (χ4n) is 1.45. The lowest BCUT2D eigenvalue weighted by Gasteiger charge is -2.08. The Balaban J connectivity index is 2.38. The summed E-state index contributed by atoms with van der Waals surface area (Å²) in [4.78, 5) is -0.227. The van der Waals surface area contributed by atoms with Crippen LogP contribution in [0.4, 0.5) is 8.78 Å². The van der Waals surface area contributed by atoms with Gasteiger partial charge in [-0.3, -0.25) is 0 Å². The lowest BCUT2D eigenvalue weighted by atomic mass is 10.2. The van der Waals surface area contributed by atoms with Crippen LogP contribution in [0.15, 0.2) is 47.4 Å². The average molecular weight is 284 g/mol. The van der Waals surface area contributed by atoms with Crippen molar-refractivity contribution in [3.05, 3.63) is 59.7 Å². The Hall–Kier alpha value is -1.95. The Morgan fingerprint density at radius 1 is 1.00 bits per heavy atom. The standard InChI is InChI=1S/C13H10F2O3S/c1-9-8-10(6-7-11(9)14)19(16,17)18-13-5-3-2-4-12(13)15/h2-8H,1H3. The van der Waals surface area contributed by atoms with Crippen LogP contribution in [0.3, 0.4) is 0 Å². The topological polar surface area (TPSA) is 43.4 Å². The number of para-hydroxylation sites is 1. The lowest BCUT2D eigenvalue weighted by molar-refractivity contribution is 0.461. The maximum absolute atomic E-state index is 13.3. The number of hydrogen-bond acceptors (Lipinski definition) is 3. The normalized spacial score (nSPS) is 11.3.